The molecule has 0 aromatic heterocycles. The molecule has 2 aromatic rings. The minimum absolute atomic E-state index is 0.211. The largest absolute Gasteiger partial charge is 0.351 e. The quantitative estimate of drug-likeness (QED) is 0.790. The Bertz CT molecular complexity index is 727. The van der Waals surface area contributed by atoms with Gasteiger partial charge in [0.1, 0.15) is 5.70 Å². The first-order valence-corrected chi connectivity index (χ1v) is 8.01. The molecule has 2 aromatic carbocycles. The first-order valence-electron chi connectivity index (χ1n) is 7.22. The van der Waals surface area contributed by atoms with Crippen LogP contribution < -0.4 is 10.6 Å². The van der Waals surface area contributed by atoms with Crippen LogP contribution >= 0.6 is 15.9 Å². The van der Waals surface area contributed by atoms with Gasteiger partial charge in [-0.15, -0.1) is 0 Å². The van der Waals surface area contributed by atoms with Gasteiger partial charge in [-0.25, -0.2) is 0 Å². The number of benzene rings is 2. The maximum Gasteiger partial charge on any atom is 0.267 e. The van der Waals surface area contributed by atoms with Crippen molar-refractivity contribution in [3.63, 3.8) is 0 Å². The van der Waals surface area contributed by atoms with Gasteiger partial charge in [-0.05, 0) is 36.8 Å². The second-order valence-corrected chi connectivity index (χ2v) is 5.71. The van der Waals surface area contributed by atoms with Gasteiger partial charge < -0.3 is 10.6 Å². The second kappa shape index (κ2) is 8.29. The lowest BCUT2D eigenvalue weighted by atomic mass is 10.1. The number of carbonyl (C=O) groups is 2. The van der Waals surface area contributed by atoms with Gasteiger partial charge in [0.15, 0.2) is 0 Å². The highest BCUT2D eigenvalue weighted by Gasteiger charge is 2.14. The molecule has 0 aliphatic carbocycles. The van der Waals surface area contributed by atoms with E-state index in [1.807, 2.05) is 43.3 Å². The molecule has 23 heavy (non-hydrogen) atoms. The summed E-state index contributed by atoms with van der Waals surface area (Å²) in [7, 11) is 0. The second-order valence-electron chi connectivity index (χ2n) is 4.79. The summed E-state index contributed by atoms with van der Waals surface area (Å²) in [6, 6.07) is 16.4. The Labute approximate surface area is 143 Å². The van der Waals surface area contributed by atoms with E-state index in [9.17, 15) is 9.59 Å². The molecule has 0 saturated carbocycles. The molecule has 4 nitrogen and oxygen atoms in total. The zero-order valence-corrected chi connectivity index (χ0v) is 14.3. The SMILES string of the molecule is CCNC(=O)C(=Cc1ccccc1)NC(=O)c1cccc(Br)c1. The topological polar surface area (TPSA) is 58.2 Å². The van der Waals surface area contributed by atoms with Crippen molar-refractivity contribution in [1.29, 1.82) is 0 Å². The number of halogens is 1. The molecule has 2 rings (SSSR count). The Hall–Kier alpha value is -2.40. The highest BCUT2D eigenvalue weighted by Crippen LogP contribution is 2.12. The molecule has 0 aliphatic heterocycles. The normalized spacial score (nSPS) is 11.0. The third-order valence-corrected chi connectivity index (χ3v) is 3.52. The Balaban J connectivity index is 2.26. The van der Waals surface area contributed by atoms with Crippen LogP contribution in [0.5, 0.6) is 0 Å². The summed E-state index contributed by atoms with van der Waals surface area (Å²) in [5.41, 5.74) is 1.52. The van der Waals surface area contributed by atoms with Crippen molar-refractivity contribution >= 4 is 33.8 Å². The Morgan fingerprint density at radius 3 is 2.48 bits per heavy atom. The van der Waals surface area contributed by atoms with E-state index in [0.717, 1.165) is 10.0 Å². The molecule has 0 bridgehead atoms. The Morgan fingerprint density at radius 2 is 1.83 bits per heavy atom. The highest BCUT2D eigenvalue weighted by molar-refractivity contribution is 9.10. The summed E-state index contributed by atoms with van der Waals surface area (Å²) in [4.78, 5) is 24.5. The zero-order valence-electron chi connectivity index (χ0n) is 12.7. The fraction of sp³-hybridized carbons (Fsp3) is 0.111. The van der Waals surface area contributed by atoms with E-state index in [4.69, 9.17) is 0 Å². The van der Waals surface area contributed by atoms with Crippen LogP contribution in [-0.4, -0.2) is 18.4 Å². The highest BCUT2D eigenvalue weighted by atomic mass is 79.9. The number of likely N-dealkylation sites (N-methyl/N-ethyl adjacent to an activating group) is 1. The fourth-order valence-electron chi connectivity index (χ4n) is 1.95. The maximum absolute atomic E-state index is 12.4. The summed E-state index contributed by atoms with van der Waals surface area (Å²) in [6.07, 6.45) is 1.65. The first kappa shape index (κ1) is 17.0. The molecule has 0 radical (unpaired) electrons. The van der Waals surface area contributed by atoms with Crippen LogP contribution in [0.3, 0.4) is 0 Å². The lowest BCUT2D eigenvalue weighted by Crippen LogP contribution is -2.34. The minimum atomic E-state index is -0.334. The van der Waals surface area contributed by atoms with Crippen molar-refractivity contribution in [3.05, 3.63) is 75.9 Å². The standard InChI is InChI=1S/C18H17BrN2O2/c1-2-20-18(23)16(11-13-7-4-3-5-8-13)21-17(22)14-9-6-10-15(19)12-14/h3-12H,2H2,1H3,(H,20,23)(H,21,22). The third-order valence-electron chi connectivity index (χ3n) is 3.03. The van der Waals surface area contributed by atoms with E-state index in [-0.39, 0.29) is 17.5 Å². The van der Waals surface area contributed by atoms with Gasteiger partial charge >= 0.3 is 0 Å². The van der Waals surface area contributed by atoms with Gasteiger partial charge in [0, 0.05) is 16.6 Å². The van der Waals surface area contributed by atoms with E-state index in [2.05, 4.69) is 26.6 Å². The van der Waals surface area contributed by atoms with Gasteiger partial charge in [0.25, 0.3) is 11.8 Å². The average molecular weight is 373 g/mol. The number of rotatable bonds is 5. The summed E-state index contributed by atoms with van der Waals surface area (Å²) in [5, 5.41) is 5.39. The molecular formula is C18H17BrN2O2. The van der Waals surface area contributed by atoms with Crippen molar-refractivity contribution in [1.82, 2.24) is 10.6 Å². The molecule has 0 saturated heterocycles. The van der Waals surface area contributed by atoms with Crippen molar-refractivity contribution in [3.8, 4) is 0 Å². The minimum Gasteiger partial charge on any atom is -0.351 e. The van der Waals surface area contributed by atoms with Crippen LogP contribution in [0.25, 0.3) is 6.08 Å². The molecule has 0 atom stereocenters. The smallest absolute Gasteiger partial charge is 0.267 e. The molecule has 0 unspecified atom stereocenters. The maximum atomic E-state index is 12.4. The van der Waals surface area contributed by atoms with E-state index >= 15 is 0 Å². The van der Waals surface area contributed by atoms with Crippen LogP contribution in [0.4, 0.5) is 0 Å². The first-order chi connectivity index (χ1) is 11.1. The van der Waals surface area contributed by atoms with Gasteiger partial charge in [0.2, 0.25) is 0 Å². The third kappa shape index (κ3) is 5.07. The van der Waals surface area contributed by atoms with Crippen LogP contribution in [0, 0.1) is 0 Å². The molecular weight excluding hydrogens is 356 g/mol. The van der Waals surface area contributed by atoms with E-state index < -0.39 is 0 Å². The zero-order chi connectivity index (χ0) is 16.7. The molecule has 118 valence electrons. The van der Waals surface area contributed by atoms with Crippen molar-refractivity contribution in [2.45, 2.75) is 6.92 Å². The summed E-state index contributed by atoms with van der Waals surface area (Å²) in [5.74, 6) is -0.653. The summed E-state index contributed by atoms with van der Waals surface area (Å²) >= 11 is 3.33. The van der Waals surface area contributed by atoms with Crippen LogP contribution in [0.15, 0.2) is 64.8 Å². The van der Waals surface area contributed by atoms with Crippen LogP contribution in [0.1, 0.15) is 22.8 Å². The molecule has 2 N–H and O–H groups in total. The van der Waals surface area contributed by atoms with Gasteiger partial charge in [-0.1, -0.05) is 52.3 Å². The number of carbonyl (C=O) groups excluding carboxylic acids is 2. The summed E-state index contributed by atoms with van der Waals surface area (Å²) in [6.45, 7) is 2.31. The van der Waals surface area contributed by atoms with E-state index in [1.165, 1.54) is 0 Å². The number of nitrogens with one attached hydrogen (secondary N) is 2. The van der Waals surface area contributed by atoms with Gasteiger partial charge in [0.05, 0.1) is 0 Å². The molecule has 0 spiro atoms. The Kier molecular flexibility index (Phi) is 6.11. The molecule has 0 fully saturated rings. The number of hydrogen-bond donors (Lipinski definition) is 2. The van der Waals surface area contributed by atoms with Crippen molar-refractivity contribution in [2.24, 2.45) is 0 Å². The van der Waals surface area contributed by atoms with Gasteiger partial charge in [-0.2, -0.15) is 0 Å². The predicted molar refractivity (Wildman–Crippen MR) is 94.7 cm³/mol. The van der Waals surface area contributed by atoms with E-state index in [0.29, 0.717) is 12.1 Å². The number of hydrogen-bond acceptors (Lipinski definition) is 2. The molecule has 0 aliphatic rings. The lowest BCUT2D eigenvalue weighted by Gasteiger charge is -2.10. The Morgan fingerprint density at radius 1 is 1.09 bits per heavy atom. The van der Waals surface area contributed by atoms with E-state index in [1.54, 1.807) is 24.3 Å². The molecule has 5 heteroatoms. The average Bonchev–Trinajstić information content (AvgIpc) is 2.55. The van der Waals surface area contributed by atoms with Gasteiger partial charge in [-0.3, -0.25) is 9.59 Å². The van der Waals surface area contributed by atoms with Crippen molar-refractivity contribution < 1.29 is 9.59 Å². The van der Waals surface area contributed by atoms with Crippen molar-refractivity contribution in [2.75, 3.05) is 6.54 Å². The lowest BCUT2D eigenvalue weighted by molar-refractivity contribution is -0.117. The molecule has 0 heterocycles. The fourth-order valence-corrected chi connectivity index (χ4v) is 2.35. The van der Waals surface area contributed by atoms with Crippen LogP contribution in [-0.2, 0) is 4.79 Å². The summed E-state index contributed by atoms with van der Waals surface area (Å²) < 4.78 is 0.803. The van der Waals surface area contributed by atoms with Crippen LogP contribution in [0.2, 0.25) is 0 Å². The number of amides is 2. The molecule has 2 amide bonds. The monoisotopic (exact) mass is 372 g/mol. The predicted octanol–water partition coefficient (Wildman–Crippen LogP) is 3.36.